The number of hydrogen-bond donors (Lipinski definition) is 2. The highest BCUT2D eigenvalue weighted by Crippen LogP contribution is 2.03. The lowest BCUT2D eigenvalue weighted by Crippen LogP contribution is -2.11. The molecule has 0 aliphatic rings. The Morgan fingerprint density at radius 3 is 3.00 bits per heavy atom. The summed E-state index contributed by atoms with van der Waals surface area (Å²) in [5.74, 6) is -0.665. The topological polar surface area (TPSA) is 71.8 Å². The van der Waals surface area contributed by atoms with Crippen molar-refractivity contribution in [2.45, 2.75) is 6.67 Å². The van der Waals surface area contributed by atoms with Gasteiger partial charge < -0.3 is 5.73 Å². The molecule has 1 heterocycles. The molecule has 0 radical (unpaired) electrons. The third-order valence-corrected chi connectivity index (χ3v) is 1.12. The van der Waals surface area contributed by atoms with Gasteiger partial charge >= 0.3 is 0 Å². The molecule has 1 aromatic heterocycles. The molecule has 4 nitrogen and oxygen atoms in total. The van der Waals surface area contributed by atoms with E-state index in [-0.39, 0.29) is 11.3 Å². The second-order valence-corrected chi connectivity index (χ2v) is 1.76. The van der Waals surface area contributed by atoms with Crippen molar-refractivity contribution >= 4 is 5.91 Å². The number of halogens is 1. The van der Waals surface area contributed by atoms with Crippen LogP contribution in [0.25, 0.3) is 0 Å². The second kappa shape index (κ2) is 2.47. The molecule has 0 aliphatic heterocycles. The summed E-state index contributed by atoms with van der Waals surface area (Å²) in [6, 6.07) is 0. The van der Waals surface area contributed by atoms with Gasteiger partial charge in [-0.05, 0) is 0 Å². The third-order valence-electron chi connectivity index (χ3n) is 1.12. The maximum absolute atomic E-state index is 11.9. The number of nitrogens with zero attached hydrogens (tertiary/aromatic N) is 1. The number of amides is 1. The molecule has 0 spiro atoms. The smallest absolute Gasteiger partial charge is 0.252 e. The van der Waals surface area contributed by atoms with Gasteiger partial charge in [0.05, 0.1) is 17.5 Å². The van der Waals surface area contributed by atoms with Crippen molar-refractivity contribution in [2.24, 2.45) is 5.73 Å². The van der Waals surface area contributed by atoms with Gasteiger partial charge in [-0.2, -0.15) is 5.10 Å². The van der Waals surface area contributed by atoms with E-state index in [1.807, 2.05) is 0 Å². The summed E-state index contributed by atoms with van der Waals surface area (Å²) in [6.07, 6.45) is 1.21. The Labute approximate surface area is 56.2 Å². The SMILES string of the molecule is NC(=O)c1cn[nH]c1CF. The zero-order chi connectivity index (χ0) is 7.56. The first-order chi connectivity index (χ1) is 4.75. The Morgan fingerprint density at radius 1 is 1.90 bits per heavy atom. The molecule has 1 aromatic rings. The highest BCUT2D eigenvalue weighted by molar-refractivity contribution is 5.93. The van der Waals surface area contributed by atoms with Gasteiger partial charge in [0.2, 0.25) is 0 Å². The van der Waals surface area contributed by atoms with E-state index >= 15 is 0 Å². The minimum atomic E-state index is -0.752. The van der Waals surface area contributed by atoms with Gasteiger partial charge in [-0.3, -0.25) is 9.89 Å². The van der Waals surface area contributed by atoms with Crippen molar-refractivity contribution in [1.82, 2.24) is 10.2 Å². The fourth-order valence-corrected chi connectivity index (χ4v) is 0.627. The van der Waals surface area contributed by atoms with Crippen LogP contribution in [0.15, 0.2) is 6.20 Å². The lowest BCUT2D eigenvalue weighted by Gasteiger charge is -1.89. The Hall–Kier alpha value is -1.39. The Kier molecular flexibility index (Phi) is 1.66. The van der Waals surface area contributed by atoms with Crippen LogP contribution in [0.1, 0.15) is 16.1 Å². The molecule has 3 N–H and O–H groups in total. The van der Waals surface area contributed by atoms with Gasteiger partial charge in [-0.1, -0.05) is 0 Å². The zero-order valence-corrected chi connectivity index (χ0v) is 5.10. The van der Waals surface area contributed by atoms with Crippen LogP contribution in [0.4, 0.5) is 4.39 Å². The molecule has 10 heavy (non-hydrogen) atoms. The lowest BCUT2D eigenvalue weighted by atomic mass is 10.2. The minimum Gasteiger partial charge on any atom is -0.365 e. The number of alkyl halides is 1. The number of nitrogens with one attached hydrogen (secondary N) is 1. The zero-order valence-electron chi connectivity index (χ0n) is 5.10. The molecular formula is C5H6FN3O. The van der Waals surface area contributed by atoms with Crippen LogP contribution in [0.5, 0.6) is 0 Å². The maximum atomic E-state index is 11.9. The predicted octanol–water partition coefficient (Wildman–Crippen LogP) is -0.0219. The minimum absolute atomic E-state index is 0.113. The van der Waals surface area contributed by atoms with E-state index in [4.69, 9.17) is 5.73 Å². The van der Waals surface area contributed by atoms with E-state index in [1.165, 1.54) is 6.20 Å². The van der Waals surface area contributed by atoms with E-state index in [0.29, 0.717) is 0 Å². The first-order valence-corrected chi connectivity index (χ1v) is 2.63. The number of aromatic nitrogens is 2. The van der Waals surface area contributed by atoms with Crippen LogP contribution in [0.3, 0.4) is 0 Å². The number of carbonyl (C=O) groups is 1. The number of H-pyrrole nitrogens is 1. The summed E-state index contributed by atoms with van der Waals surface area (Å²) in [5.41, 5.74) is 5.11. The predicted molar refractivity (Wildman–Crippen MR) is 31.9 cm³/mol. The summed E-state index contributed by atoms with van der Waals surface area (Å²) in [5, 5.41) is 5.76. The van der Waals surface area contributed by atoms with E-state index in [1.54, 1.807) is 0 Å². The highest BCUT2D eigenvalue weighted by atomic mass is 19.1. The number of aromatic amines is 1. The maximum Gasteiger partial charge on any atom is 0.252 e. The van der Waals surface area contributed by atoms with Gasteiger partial charge in [-0.25, -0.2) is 4.39 Å². The second-order valence-electron chi connectivity index (χ2n) is 1.76. The van der Waals surface area contributed by atoms with Crippen LogP contribution in [0.2, 0.25) is 0 Å². The third kappa shape index (κ3) is 0.975. The molecule has 0 bridgehead atoms. The van der Waals surface area contributed by atoms with Crippen LogP contribution in [-0.4, -0.2) is 16.1 Å². The average Bonchev–Trinajstić information content (AvgIpc) is 2.33. The summed E-state index contributed by atoms with van der Waals surface area (Å²) in [4.78, 5) is 10.4. The van der Waals surface area contributed by atoms with E-state index in [2.05, 4.69) is 10.2 Å². The van der Waals surface area contributed by atoms with Gasteiger partial charge in [-0.15, -0.1) is 0 Å². The van der Waals surface area contributed by atoms with Crippen LogP contribution < -0.4 is 5.73 Å². The summed E-state index contributed by atoms with van der Waals surface area (Å²) >= 11 is 0. The molecule has 0 saturated heterocycles. The molecule has 0 saturated carbocycles. The van der Waals surface area contributed by atoms with E-state index in [9.17, 15) is 9.18 Å². The number of nitrogens with two attached hydrogens (primary N) is 1. The van der Waals surface area contributed by atoms with Gasteiger partial charge in [0, 0.05) is 0 Å². The average molecular weight is 143 g/mol. The van der Waals surface area contributed by atoms with Crippen molar-refractivity contribution in [1.29, 1.82) is 0 Å². The van der Waals surface area contributed by atoms with E-state index in [0.717, 1.165) is 0 Å². The summed E-state index contributed by atoms with van der Waals surface area (Å²) in [7, 11) is 0. The molecule has 54 valence electrons. The fourth-order valence-electron chi connectivity index (χ4n) is 0.627. The van der Waals surface area contributed by atoms with Crippen LogP contribution in [-0.2, 0) is 6.67 Å². The molecule has 1 rings (SSSR count). The van der Waals surface area contributed by atoms with Crippen LogP contribution in [0, 0.1) is 0 Å². The van der Waals surface area contributed by atoms with Gasteiger partial charge in [0.15, 0.2) is 0 Å². The monoisotopic (exact) mass is 143 g/mol. The molecular weight excluding hydrogens is 137 g/mol. The number of hydrogen-bond acceptors (Lipinski definition) is 2. The number of rotatable bonds is 2. The van der Waals surface area contributed by atoms with Crippen molar-refractivity contribution in [3.05, 3.63) is 17.5 Å². The fraction of sp³-hybridized carbons (Fsp3) is 0.200. The van der Waals surface area contributed by atoms with Gasteiger partial charge in [0.25, 0.3) is 5.91 Å². The Morgan fingerprint density at radius 2 is 2.60 bits per heavy atom. The number of carbonyl (C=O) groups excluding carboxylic acids is 1. The standard InChI is InChI=1S/C5H6FN3O/c6-1-4-3(5(7)10)2-8-9-4/h2H,1H2,(H2,7,10)(H,8,9). The molecule has 0 aliphatic carbocycles. The van der Waals surface area contributed by atoms with Crippen molar-refractivity contribution in [2.75, 3.05) is 0 Å². The van der Waals surface area contributed by atoms with Crippen molar-refractivity contribution in [3.63, 3.8) is 0 Å². The number of primary amides is 1. The normalized spacial score (nSPS) is 9.70. The summed E-state index contributed by atoms with van der Waals surface area (Å²) in [6.45, 7) is -0.752. The van der Waals surface area contributed by atoms with Crippen LogP contribution >= 0.6 is 0 Å². The largest absolute Gasteiger partial charge is 0.365 e. The van der Waals surface area contributed by atoms with Crippen molar-refractivity contribution in [3.8, 4) is 0 Å². The molecule has 0 atom stereocenters. The highest BCUT2D eigenvalue weighted by Gasteiger charge is 2.08. The van der Waals surface area contributed by atoms with Gasteiger partial charge in [0.1, 0.15) is 6.67 Å². The Bertz CT molecular complexity index is 245. The van der Waals surface area contributed by atoms with Crippen molar-refractivity contribution < 1.29 is 9.18 Å². The Balaban J connectivity index is 3.01. The molecule has 5 heteroatoms. The first kappa shape index (κ1) is 6.73. The summed E-state index contributed by atoms with van der Waals surface area (Å²) < 4.78 is 11.9. The lowest BCUT2D eigenvalue weighted by molar-refractivity contribution is 0.0998. The molecule has 0 fully saturated rings. The first-order valence-electron chi connectivity index (χ1n) is 2.63. The molecule has 0 unspecified atom stereocenters. The molecule has 0 aromatic carbocycles. The molecule has 1 amide bonds. The quantitative estimate of drug-likeness (QED) is 0.610. The van der Waals surface area contributed by atoms with E-state index < -0.39 is 12.6 Å².